The molecule has 1 fully saturated rings. The Morgan fingerprint density at radius 3 is 2.61 bits per heavy atom. The van der Waals surface area contributed by atoms with Gasteiger partial charge in [-0.2, -0.15) is 5.10 Å². The molecule has 1 saturated heterocycles. The zero-order valence-electron chi connectivity index (χ0n) is 18.3. The largest absolute Gasteiger partial charge is 0.387 e. The Kier molecular flexibility index (Phi) is 7.84. The maximum absolute atomic E-state index is 14.0. The van der Waals surface area contributed by atoms with E-state index in [2.05, 4.69) is 15.4 Å². The van der Waals surface area contributed by atoms with Crippen molar-refractivity contribution in [1.29, 1.82) is 0 Å². The molecule has 6 N–H and O–H groups in total. The normalized spacial score (nSPS) is 24.2. The molecule has 1 unspecified atom stereocenters. The van der Waals surface area contributed by atoms with E-state index in [1.807, 2.05) is 0 Å². The summed E-state index contributed by atoms with van der Waals surface area (Å²) in [7, 11) is -9.55. The third-order valence-corrected chi connectivity index (χ3v) is 8.99. The first-order chi connectivity index (χ1) is 16.8. The second-order valence-electron chi connectivity index (χ2n) is 8.05. The Labute approximate surface area is 208 Å². The number of hydrogen-bond donors (Lipinski definition) is 6. The molecule has 13 nitrogen and oxygen atoms in total. The van der Waals surface area contributed by atoms with E-state index >= 15 is 0 Å². The number of fused-ring (bicyclic) bond motifs is 1. The molecule has 1 aliphatic rings. The number of pyridine rings is 1. The van der Waals surface area contributed by atoms with Crippen LogP contribution in [0.25, 0.3) is 11.0 Å². The van der Waals surface area contributed by atoms with E-state index in [1.54, 1.807) is 18.2 Å². The van der Waals surface area contributed by atoms with Crippen LogP contribution in [0.15, 0.2) is 36.5 Å². The molecule has 5 atom stereocenters. The number of aliphatic hydroxyl groups excluding tert-OH is 2. The summed E-state index contributed by atoms with van der Waals surface area (Å²) in [5, 5.41) is 28.6. The number of rotatable bonds is 9. The number of ether oxygens (including phenoxy) is 1. The molecule has 196 valence electrons. The third kappa shape index (κ3) is 6.12. The van der Waals surface area contributed by atoms with Crippen molar-refractivity contribution in [3.63, 3.8) is 0 Å². The van der Waals surface area contributed by atoms with Crippen LogP contribution >= 0.6 is 26.8 Å². The van der Waals surface area contributed by atoms with Crippen LogP contribution in [-0.4, -0.2) is 70.5 Å². The van der Waals surface area contributed by atoms with E-state index in [9.17, 15) is 28.6 Å². The first-order valence-electron chi connectivity index (χ1n) is 10.4. The number of benzene rings is 1. The molecular formula is C19H22ClFN4O9P2. The lowest BCUT2D eigenvalue weighted by Crippen LogP contribution is -2.33. The van der Waals surface area contributed by atoms with Crippen LogP contribution in [0.2, 0.25) is 5.15 Å². The van der Waals surface area contributed by atoms with Crippen LogP contribution in [0, 0.1) is 5.82 Å². The van der Waals surface area contributed by atoms with Gasteiger partial charge in [-0.15, -0.1) is 0 Å². The van der Waals surface area contributed by atoms with Crippen LogP contribution < -0.4 is 5.32 Å². The van der Waals surface area contributed by atoms with Gasteiger partial charge in [0.25, 0.3) is 0 Å². The molecule has 0 saturated carbocycles. The molecule has 36 heavy (non-hydrogen) atoms. The second-order valence-corrected chi connectivity index (χ2v) is 12.4. The average Bonchev–Trinajstić information content (AvgIpc) is 3.31. The van der Waals surface area contributed by atoms with Gasteiger partial charge < -0.3 is 39.5 Å². The smallest absolute Gasteiger partial charge is 0.340 e. The van der Waals surface area contributed by atoms with Crippen molar-refractivity contribution < 1.29 is 47.7 Å². The lowest BCUT2D eigenvalue weighted by atomic mass is 10.1. The molecule has 3 aromatic rings. The molecular weight excluding hydrogens is 545 g/mol. The number of aliphatic hydroxyl groups is 2. The Balaban J connectivity index is 1.53. The molecule has 0 aliphatic carbocycles. The van der Waals surface area contributed by atoms with Gasteiger partial charge in [0, 0.05) is 12.1 Å². The number of nitrogens with zero attached hydrogens (tertiary/aromatic N) is 3. The molecule has 4 rings (SSSR count). The molecule has 0 amide bonds. The summed E-state index contributed by atoms with van der Waals surface area (Å²) in [5.74, 6) is -1.81. The first kappa shape index (κ1) is 27.1. The maximum Gasteiger partial charge on any atom is 0.340 e. The van der Waals surface area contributed by atoms with Crippen LogP contribution in [0.3, 0.4) is 0 Å². The van der Waals surface area contributed by atoms with Crippen molar-refractivity contribution in [1.82, 2.24) is 14.8 Å². The van der Waals surface area contributed by atoms with Gasteiger partial charge in [0.2, 0.25) is 0 Å². The quantitative estimate of drug-likeness (QED) is 0.162. The third-order valence-electron chi connectivity index (χ3n) is 5.34. The molecule has 17 heteroatoms. The van der Waals surface area contributed by atoms with Crippen molar-refractivity contribution in [2.45, 2.75) is 31.1 Å². The summed E-state index contributed by atoms with van der Waals surface area (Å²) in [6.07, 6.45) is -4.41. The van der Waals surface area contributed by atoms with Crippen molar-refractivity contribution in [2.24, 2.45) is 0 Å². The standard InChI is InChI=1S/C19H22ClFN4O9P2/c20-15-5-13(22-6-10-3-1-2-4-12(10)21)11-7-23-25(18(11)24-15)19-17(27)16(26)14(34-19)8-33-36(31,32)9-35(28,29)30/h1-5,7,14,16-17,19,26-27H,6,8-9H2,(H,22,24)(H,31,32)(H2,28,29,30)/t14-,16-,17-,19-/m0/s1. The van der Waals surface area contributed by atoms with Crippen molar-refractivity contribution in [2.75, 3.05) is 17.8 Å². The van der Waals surface area contributed by atoms with E-state index in [4.69, 9.17) is 30.6 Å². The van der Waals surface area contributed by atoms with E-state index in [0.717, 1.165) is 4.68 Å². The van der Waals surface area contributed by atoms with Gasteiger partial charge in [-0.3, -0.25) is 9.13 Å². The number of aromatic nitrogens is 3. The predicted octanol–water partition coefficient (Wildman–Crippen LogP) is 1.79. The number of hydrogen-bond acceptors (Lipinski definition) is 9. The molecule has 1 aromatic carbocycles. The van der Waals surface area contributed by atoms with Gasteiger partial charge in [-0.1, -0.05) is 29.8 Å². The highest BCUT2D eigenvalue weighted by Gasteiger charge is 2.46. The van der Waals surface area contributed by atoms with Gasteiger partial charge in [0.1, 0.15) is 29.3 Å². The molecule has 0 radical (unpaired) electrons. The van der Waals surface area contributed by atoms with E-state index in [0.29, 0.717) is 16.6 Å². The summed E-state index contributed by atoms with van der Waals surface area (Å²) < 4.78 is 48.3. The Morgan fingerprint density at radius 2 is 1.92 bits per heavy atom. The van der Waals surface area contributed by atoms with Crippen LogP contribution in [0.4, 0.5) is 10.1 Å². The lowest BCUT2D eigenvalue weighted by Gasteiger charge is -2.18. The first-order valence-corrected chi connectivity index (χ1v) is 14.3. The zero-order valence-corrected chi connectivity index (χ0v) is 20.8. The van der Waals surface area contributed by atoms with Gasteiger partial charge in [0.15, 0.2) is 17.8 Å². The van der Waals surface area contributed by atoms with E-state index < -0.39 is 58.1 Å². The minimum Gasteiger partial charge on any atom is -0.387 e. The van der Waals surface area contributed by atoms with Gasteiger partial charge >= 0.3 is 15.2 Å². The Morgan fingerprint density at radius 1 is 1.19 bits per heavy atom. The second kappa shape index (κ2) is 10.4. The minimum absolute atomic E-state index is 0.0480. The molecule has 0 spiro atoms. The van der Waals surface area contributed by atoms with Gasteiger partial charge in [-0.05, 0) is 12.1 Å². The highest BCUT2D eigenvalue weighted by Crippen LogP contribution is 2.55. The van der Waals surface area contributed by atoms with Crippen molar-refractivity contribution >= 4 is 43.5 Å². The summed E-state index contributed by atoms with van der Waals surface area (Å²) in [6, 6.07) is 7.72. The number of nitrogens with one attached hydrogen (secondary N) is 1. The monoisotopic (exact) mass is 566 g/mol. The van der Waals surface area contributed by atoms with Gasteiger partial charge in [0.05, 0.1) is 23.9 Å². The summed E-state index contributed by atoms with van der Waals surface area (Å²) >= 11 is 6.16. The van der Waals surface area contributed by atoms with E-state index in [1.165, 1.54) is 18.3 Å². The fourth-order valence-corrected chi connectivity index (χ4v) is 6.44. The Bertz CT molecular complexity index is 1360. The van der Waals surface area contributed by atoms with E-state index in [-0.39, 0.29) is 17.3 Å². The summed E-state index contributed by atoms with van der Waals surface area (Å²) in [4.78, 5) is 31.6. The van der Waals surface area contributed by atoms with Crippen LogP contribution in [0.5, 0.6) is 0 Å². The van der Waals surface area contributed by atoms with Crippen LogP contribution in [0.1, 0.15) is 11.8 Å². The molecule has 0 bridgehead atoms. The van der Waals surface area contributed by atoms with Gasteiger partial charge in [-0.25, -0.2) is 14.1 Å². The fourth-order valence-electron chi connectivity index (χ4n) is 3.68. The molecule has 3 heterocycles. The highest BCUT2D eigenvalue weighted by atomic mass is 35.5. The predicted molar refractivity (Wildman–Crippen MR) is 125 cm³/mol. The average molecular weight is 567 g/mol. The summed E-state index contributed by atoms with van der Waals surface area (Å²) in [6.45, 7) is -0.616. The van der Waals surface area contributed by atoms with Crippen molar-refractivity contribution in [3.8, 4) is 0 Å². The Hall–Kier alpha value is -1.96. The highest BCUT2D eigenvalue weighted by molar-refractivity contribution is 7.70. The minimum atomic E-state index is -4.85. The molecule has 2 aromatic heterocycles. The zero-order chi connectivity index (χ0) is 26.3. The summed E-state index contributed by atoms with van der Waals surface area (Å²) in [5.41, 5.74) is 1.03. The lowest BCUT2D eigenvalue weighted by molar-refractivity contribution is -0.0541. The topological polar surface area (TPSA) is 196 Å². The maximum atomic E-state index is 14.0. The fraction of sp³-hybridized carbons (Fsp3) is 0.368. The van der Waals surface area contributed by atoms with Crippen molar-refractivity contribution in [3.05, 3.63) is 53.1 Å². The number of anilines is 1. The SMILES string of the molecule is O=P(O)(O)CP(=O)(O)OC[C@@H]1O[C@H](n2ncc3c(NCc4ccccc4F)cc(Cl)nc32)[C@@H](O)[C@H]1O. The van der Waals surface area contributed by atoms with Crippen LogP contribution in [-0.2, 0) is 24.9 Å². The molecule has 1 aliphatic heterocycles. The number of halogens is 2.